The number of nitrogens with zero attached hydrogens (tertiary/aromatic N) is 1. The van der Waals surface area contributed by atoms with E-state index in [0.29, 0.717) is 28.5 Å². The number of anilines is 1. The summed E-state index contributed by atoms with van der Waals surface area (Å²) in [5.74, 6) is 2.22. The minimum Gasteiger partial charge on any atom is -0.461 e. The average Bonchev–Trinajstić information content (AvgIpc) is 3.11. The van der Waals surface area contributed by atoms with Crippen molar-refractivity contribution in [3.05, 3.63) is 83.7 Å². The summed E-state index contributed by atoms with van der Waals surface area (Å²) in [6.45, 7) is 3.88. The number of carbonyl (C=O) groups excluding carboxylic acids is 1. The van der Waals surface area contributed by atoms with Gasteiger partial charge in [-0.25, -0.2) is 4.98 Å². The van der Waals surface area contributed by atoms with Crippen molar-refractivity contribution in [1.82, 2.24) is 4.98 Å². The number of aryl methyl sites for hydroxylation is 2. The van der Waals surface area contributed by atoms with Gasteiger partial charge in [0, 0.05) is 11.8 Å². The van der Waals surface area contributed by atoms with E-state index in [1.807, 2.05) is 50.2 Å². The summed E-state index contributed by atoms with van der Waals surface area (Å²) in [6, 6.07) is 18.4. The molecule has 30 heavy (non-hydrogen) atoms. The molecular formula is C22H18N2O5S. The number of ether oxygens (including phenoxy) is 1. The summed E-state index contributed by atoms with van der Waals surface area (Å²) < 4.78 is 28.4. The molecule has 2 heterocycles. The zero-order valence-electron chi connectivity index (χ0n) is 16.2. The standard InChI is InChI=1S/C22H18N2O3.O2S/c1-14-6-8-17(9-7-14)27-20-13-16(12-19-18(20)11-15(2)26-19)22(25)24-21-5-3-4-10-23-21;1-3-2/h3-13H,1-2H3,(H,23,24,25);. The van der Waals surface area contributed by atoms with E-state index in [1.54, 1.807) is 30.5 Å². The quantitative estimate of drug-likeness (QED) is 0.506. The van der Waals surface area contributed by atoms with Crippen molar-refractivity contribution in [2.75, 3.05) is 5.32 Å². The number of aromatic nitrogens is 1. The predicted molar refractivity (Wildman–Crippen MR) is 113 cm³/mol. The first-order valence-electron chi connectivity index (χ1n) is 8.93. The van der Waals surface area contributed by atoms with Crippen molar-refractivity contribution in [3.63, 3.8) is 0 Å². The van der Waals surface area contributed by atoms with E-state index in [1.165, 1.54) is 0 Å². The summed E-state index contributed by atoms with van der Waals surface area (Å²) in [6.07, 6.45) is 1.63. The Morgan fingerprint density at radius 1 is 1.03 bits per heavy atom. The molecule has 0 spiro atoms. The topological polar surface area (TPSA) is 98.5 Å². The zero-order valence-corrected chi connectivity index (χ0v) is 17.1. The fourth-order valence-corrected chi connectivity index (χ4v) is 2.81. The molecule has 0 radical (unpaired) electrons. The van der Waals surface area contributed by atoms with Gasteiger partial charge in [-0.05, 0) is 56.3 Å². The molecule has 0 unspecified atom stereocenters. The molecular weight excluding hydrogens is 404 g/mol. The molecule has 7 nitrogen and oxygen atoms in total. The van der Waals surface area contributed by atoms with Crippen LogP contribution in [0.1, 0.15) is 21.7 Å². The Balaban J connectivity index is 0.000000806. The van der Waals surface area contributed by atoms with E-state index in [0.717, 1.165) is 16.7 Å². The second-order valence-electron chi connectivity index (χ2n) is 6.40. The van der Waals surface area contributed by atoms with Crippen LogP contribution in [0.15, 0.2) is 71.3 Å². The van der Waals surface area contributed by atoms with Crippen molar-refractivity contribution in [3.8, 4) is 11.5 Å². The summed E-state index contributed by atoms with van der Waals surface area (Å²) >= 11 is -0.750. The van der Waals surface area contributed by atoms with Gasteiger partial charge in [0.25, 0.3) is 5.91 Å². The van der Waals surface area contributed by atoms with Gasteiger partial charge in [0.1, 0.15) is 28.7 Å². The van der Waals surface area contributed by atoms with Crippen molar-refractivity contribution in [1.29, 1.82) is 0 Å². The van der Waals surface area contributed by atoms with Crippen molar-refractivity contribution in [2.45, 2.75) is 13.8 Å². The molecule has 0 aliphatic rings. The fraction of sp³-hybridized carbons (Fsp3) is 0.0909. The summed E-state index contributed by atoms with van der Waals surface area (Å²) in [5.41, 5.74) is 2.18. The third kappa shape index (κ3) is 5.18. The normalized spacial score (nSPS) is 10.1. The SMILES string of the molecule is Cc1ccc(Oc2cc(C(=O)Nc3ccccn3)cc3oc(C)cc23)cc1.O=S=O. The third-order valence-electron chi connectivity index (χ3n) is 4.14. The number of hydrogen-bond donors (Lipinski definition) is 1. The number of amides is 1. The first-order valence-corrected chi connectivity index (χ1v) is 9.59. The molecule has 0 fully saturated rings. The van der Waals surface area contributed by atoms with Crippen molar-refractivity contribution >= 4 is 34.3 Å². The van der Waals surface area contributed by atoms with Crippen LogP contribution >= 0.6 is 0 Å². The van der Waals surface area contributed by atoms with Crippen LogP contribution in [-0.2, 0) is 11.6 Å². The van der Waals surface area contributed by atoms with Crippen LogP contribution in [-0.4, -0.2) is 19.3 Å². The van der Waals surface area contributed by atoms with Gasteiger partial charge in [0.15, 0.2) is 0 Å². The maximum absolute atomic E-state index is 12.7. The molecule has 0 saturated heterocycles. The van der Waals surface area contributed by atoms with Crippen LogP contribution in [0.2, 0.25) is 0 Å². The highest BCUT2D eigenvalue weighted by atomic mass is 32.1. The molecule has 0 aliphatic carbocycles. The second kappa shape index (κ2) is 9.62. The van der Waals surface area contributed by atoms with Gasteiger partial charge in [0.05, 0.1) is 5.39 Å². The number of nitrogens with one attached hydrogen (secondary N) is 1. The van der Waals surface area contributed by atoms with Crippen molar-refractivity contribution in [2.24, 2.45) is 0 Å². The number of carbonyl (C=O) groups is 1. The molecule has 0 atom stereocenters. The zero-order chi connectivity index (χ0) is 21.5. The van der Waals surface area contributed by atoms with Crippen LogP contribution in [0.3, 0.4) is 0 Å². The summed E-state index contributed by atoms with van der Waals surface area (Å²) in [5, 5.41) is 3.60. The molecule has 152 valence electrons. The second-order valence-corrected chi connectivity index (χ2v) is 6.53. The Morgan fingerprint density at radius 2 is 1.77 bits per heavy atom. The molecule has 4 aromatic rings. The minimum absolute atomic E-state index is 0.279. The summed E-state index contributed by atoms with van der Waals surface area (Å²) in [7, 11) is 0. The van der Waals surface area contributed by atoms with Crippen LogP contribution in [0.4, 0.5) is 5.82 Å². The van der Waals surface area contributed by atoms with E-state index in [2.05, 4.69) is 10.3 Å². The molecule has 0 bridgehead atoms. The molecule has 1 N–H and O–H groups in total. The maximum atomic E-state index is 12.7. The van der Waals surface area contributed by atoms with E-state index < -0.39 is 11.6 Å². The van der Waals surface area contributed by atoms with Gasteiger partial charge in [-0.3, -0.25) is 4.79 Å². The number of pyridine rings is 1. The highest BCUT2D eigenvalue weighted by Gasteiger charge is 2.15. The number of furan rings is 1. The molecule has 0 aliphatic heterocycles. The predicted octanol–water partition coefficient (Wildman–Crippen LogP) is 4.82. The molecule has 0 saturated carbocycles. The van der Waals surface area contributed by atoms with Crippen LogP contribution in [0, 0.1) is 13.8 Å². The molecule has 4 rings (SSSR count). The molecule has 2 aromatic carbocycles. The van der Waals surface area contributed by atoms with Crippen molar-refractivity contribution < 1.29 is 22.4 Å². The Bertz CT molecular complexity index is 1200. The van der Waals surface area contributed by atoms with E-state index in [9.17, 15) is 4.79 Å². The van der Waals surface area contributed by atoms with Crippen LogP contribution in [0.5, 0.6) is 11.5 Å². The van der Waals surface area contributed by atoms with E-state index in [-0.39, 0.29) is 5.91 Å². The lowest BCUT2D eigenvalue weighted by Gasteiger charge is -2.10. The van der Waals surface area contributed by atoms with E-state index in [4.69, 9.17) is 17.6 Å². The van der Waals surface area contributed by atoms with Gasteiger partial charge in [0.2, 0.25) is 0 Å². The summed E-state index contributed by atoms with van der Waals surface area (Å²) in [4.78, 5) is 16.8. The Labute approximate surface area is 176 Å². The fourth-order valence-electron chi connectivity index (χ4n) is 2.81. The number of fused-ring (bicyclic) bond motifs is 1. The monoisotopic (exact) mass is 422 g/mol. The molecule has 8 heteroatoms. The third-order valence-corrected chi connectivity index (χ3v) is 4.14. The van der Waals surface area contributed by atoms with Crippen LogP contribution in [0.25, 0.3) is 11.0 Å². The van der Waals surface area contributed by atoms with Gasteiger partial charge in [-0.2, -0.15) is 8.42 Å². The smallest absolute Gasteiger partial charge is 0.335 e. The largest absolute Gasteiger partial charge is 0.461 e. The van der Waals surface area contributed by atoms with Gasteiger partial charge < -0.3 is 14.5 Å². The number of rotatable bonds is 4. The van der Waals surface area contributed by atoms with Gasteiger partial charge in [-0.15, -0.1) is 0 Å². The lowest BCUT2D eigenvalue weighted by atomic mass is 10.1. The Morgan fingerprint density at radius 3 is 2.43 bits per heavy atom. The first kappa shape index (κ1) is 20.9. The highest BCUT2D eigenvalue weighted by molar-refractivity contribution is 7.51. The lowest BCUT2D eigenvalue weighted by molar-refractivity contribution is 0.102. The lowest BCUT2D eigenvalue weighted by Crippen LogP contribution is -2.12. The highest BCUT2D eigenvalue weighted by Crippen LogP contribution is 2.34. The molecule has 1 amide bonds. The maximum Gasteiger partial charge on any atom is 0.335 e. The number of benzene rings is 2. The Kier molecular flexibility index (Phi) is 6.71. The number of hydrogen-bond acceptors (Lipinski definition) is 6. The average molecular weight is 422 g/mol. The van der Waals surface area contributed by atoms with Gasteiger partial charge in [-0.1, -0.05) is 23.8 Å². The van der Waals surface area contributed by atoms with Crippen LogP contribution < -0.4 is 10.1 Å². The first-order chi connectivity index (χ1) is 14.5. The van der Waals surface area contributed by atoms with Gasteiger partial charge >= 0.3 is 11.6 Å². The Hall–Kier alpha value is -3.78. The minimum atomic E-state index is -0.750. The van der Waals surface area contributed by atoms with E-state index >= 15 is 0 Å². The molecule has 2 aromatic heterocycles.